The third kappa shape index (κ3) is 2.76. The van der Waals surface area contributed by atoms with Gasteiger partial charge in [-0.3, -0.25) is 10.3 Å². The molecule has 0 bridgehead atoms. The highest BCUT2D eigenvalue weighted by molar-refractivity contribution is 5.97. The summed E-state index contributed by atoms with van der Waals surface area (Å²) in [5.41, 5.74) is 7.40. The zero-order chi connectivity index (χ0) is 15.0. The predicted octanol–water partition coefficient (Wildman–Crippen LogP) is 1.18. The van der Waals surface area contributed by atoms with E-state index in [-0.39, 0.29) is 11.9 Å². The summed E-state index contributed by atoms with van der Waals surface area (Å²) >= 11 is 0. The predicted molar refractivity (Wildman–Crippen MR) is 81.5 cm³/mol. The molecule has 0 spiro atoms. The van der Waals surface area contributed by atoms with E-state index in [0.717, 1.165) is 38.0 Å². The van der Waals surface area contributed by atoms with Gasteiger partial charge in [-0.1, -0.05) is 6.07 Å². The normalized spacial score (nSPS) is 28.6. The Morgan fingerprint density at radius 2 is 2.24 bits per heavy atom. The summed E-state index contributed by atoms with van der Waals surface area (Å²) in [6, 6.07) is 5.83. The van der Waals surface area contributed by atoms with Crippen molar-refractivity contribution < 1.29 is 9.84 Å². The summed E-state index contributed by atoms with van der Waals surface area (Å²) in [7, 11) is 1.59. The number of fused-ring (bicyclic) bond motifs is 1. The topological polar surface area (TPSA) is 82.6 Å². The van der Waals surface area contributed by atoms with Gasteiger partial charge in [-0.25, -0.2) is 0 Å². The molecule has 3 unspecified atom stereocenters. The molecule has 2 fully saturated rings. The van der Waals surface area contributed by atoms with E-state index in [1.165, 1.54) is 0 Å². The van der Waals surface area contributed by atoms with Crippen LogP contribution in [0.25, 0.3) is 0 Å². The van der Waals surface area contributed by atoms with E-state index in [9.17, 15) is 5.11 Å². The average Bonchev–Trinajstić information content (AvgIpc) is 3.01. The lowest BCUT2D eigenvalue weighted by atomic mass is 10.00. The Morgan fingerprint density at radius 3 is 2.90 bits per heavy atom. The van der Waals surface area contributed by atoms with Crippen molar-refractivity contribution in [1.82, 2.24) is 4.90 Å². The van der Waals surface area contributed by atoms with Gasteiger partial charge in [0.1, 0.15) is 11.6 Å². The van der Waals surface area contributed by atoms with Gasteiger partial charge >= 0.3 is 0 Å². The van der Waals surface area contributed by atoms with Crippen LogP contribution in [0.4, 0.5) is 0 Å². The number of hydrogen-bond donors (Lipinski definition) is 3. The SMILES string of the molecule is COc1ccc(CN2CC3CCC(O)C3C2)cc1C(=N)N. The van der Waals surface area contributed by atoms with Crippen molar-refractivity contribution in [2.24, 2.45) is 17.6 Å². The van der Waals surface area contributed by atoms with Crippen LogP contribution in [-0.2, 0) is 6.54 Å². The first-order chi connectivity index (χ1) is 10.1. The third-order valence-corrected chi connectivity index (χ3v) is 4.85. The molecule has 1 aliphatic carbocycles. The minimum Gasteiger partial charge on any atom is -0.496 e. The van der Waals surface area contributed by atoms with Gasteiger partial charge in [0, 0.05) is 25.6 Å². The quantitative estimate of drug-likeness (QED) is 0.574. The van der Waals surface area contributed by atoms with Gasteiger partial charge in [0.25, 0.3) is 0 Å². The Balaban J connectivity index is 1.71. The molecule has 0 radical (unpaired) electrons. The fourth-order valence-corrected chi connectivity index (χ4v) is 3.78. The van der Waals surface area contributed by atoms with Gasteiger partial charge in [0.2, 0.25) is 0 Å². The second-order valence-electron chi connectivity index (χ2n) is 6.21. The molecule has 2 aliphatic rings. The summed E-state index contributed by atoms with van der Waals surface area (Å²) in [5.74, 6) is 1.75. The number of benzene rings is 1. The Bertz CT molecular complexity index is 546. The molecule has 4 N–H and O–H groups in total. The van der Waals surface area contributed by atoms with E-state index in [4.69, 9.17) is 15.9 Å². The van der Waals surface area contributed by atoms with Crippen molar-refractivity contribution in [2.75, 3.05) is 20.2 Å². The summed E-state index contributed by atoms with van der Waals surface area (Å²) in [6.07, 6.45) is 1.98. The highest BCUT2D eigenvalue weighted by Gasteiger charge is 2.41. The highest BCUT2D eigenvalue weighted by atomic mass is 16.5. The number of nitrogens with two attached hydrogens (primary N) is 1. The lowest BCUT2D eigenvalue weighted by Crippen LogP contribution is -2.24. The fraction of sp³-hybridized carbons (Fsp3) is 0.562. The second kappa shape index (κ2) is 5.66. The molecule has 3 atom stereocenters. The summed E-state index contributed by atoms with van der Waals surface area (Å²) < 4.78 is 5.24. The van der Waals surface area contributed by atoms with Crippen molar-refractivity contribution in [2.45, 2.75) is 25.5 Å². The van der Waals surface area contributed by atoms with Crippen LogP contribution in [0.15, 0.2) is 18.2 Å². The Morgan fingerprint density at radius 1 is 1.43 bits per heavy atom. The van der Waals surface area contributed by atoms with Crippen molar-refractivity contribution in [3.63, 3.8) is 0 Å². The monoisotopic (exact) mass is 289 g/mol. The van der Waals surface area contributed by atoms with Gasteiger partial charge in [0.15, 0.2) is 0 Å². The Hall–Kier alpha value is -1.59. The van der Waals surface area contributed by atoms with E-state index in [0.29, 0.717) is 23.1 Å². The molecule has 0 amide bonds. The van der Waals surface area contributed by atoms with Crippen LogP contribution in [0.1, 0.15) is 24.0 Å². The number of methoxy groups -OCH3 is 1. The standard InChI is InChI=1S/C16H23N3O2/c1-21-15-5-2-10(6-12(15)16(17)18)7-19-8-11-3-4-14(20)13(11)9-19/h2,5-6,11,13-14,20H,3-4,7-9H2,1H3,(H3,17,18). The molecular weight excluding hydrogens is 266 g/mol. The number of rotatable bonds is 4. The number of nitrogens with zero attached hydrogens (tertiary/aromatic N) is 1. The molecule has 1 saturated heterocycles. The molecule has 0 aromatic heterocycles. The number of nitrogens with one attached hydrogen (secondary N) is 1. The van der Waals surface area contributed by atoms with Gasteiger partial charge < -0.3 is 15.6 Å². The van der Waals surface area contributed by atoms with Crippen LogP contribution in [-0.4, -0.2) is 42.1 Å². The maximum absolute atomic E-state index is 9.98. The highest BCUT2D eigenvalue weighted by Crippen LogP contribution is 2.38. The lowest BCUT2D eigenvalue weighted by Gasteiger charge is -2.19. The number of aliphatic hydroxyl groups excluding tert-OH is 1. The first-order valence-electron chi connectivity index (χ1n) is 7.50. The first-order valence-corrected chi connectivity index (χ1v) is 7.50. The molecule has 5 nitrogen and oxygen atoms in total. The molecule has 3 rings (SSSR count). The third-order valence-electron chi connectivity index (χ3n) is 4.85. The van der Waals surface area contributed by atoms with Crippen molar-refractivity contribution in [1.29, 1.82) is 5.41 Å². The maximum Gasteiger partial charge on any atom is 0.129 e. The maximum atomic E-state index is 9.98. The number of hydrogen-bond acceptors (Lipinski definition) is 4. The summed E-state index contributed by atoms with van der Waals surface area (Å²) in [5, 5.41) is 17.6. The number of ether oxygens (including phenoxy) is 1. The van der Waals surface area contributed by atoms with Gasteiger partial charge in [0.05, 0.1) is 18.8 Å². The van der Waals surface area contributed by atoms with Crippen LogP contribution in [0.2, 0.25) is 0 Å². The van der Waals surface area contributed by atoms with E-state index in [1.54, 1.807) is 7.11 Å². The number of aliphatic hydroxyl groups is 1. The van der Waals surface area contributed by atoms with Crippen LogP contribution >= 0.6 is 0 Å². The largest absolute Gasteiger partial charge is 0.496 e. The summed E-state index contributed by atoms with van der Waals surface area (Å²) in [4.78, 5) is 2.39. The molecule has 5 heteroatoms. The first kappa shape index (κ1) is 14.4. The lowest BCUT2D eigenvalue weighted by molar-refractivity contribution is 0.123. The minimum atomic E-state index is -0.122. The zero-order valence-electron chi connectivity index (χ0n) is 12.4. The number of nitrogen functional groups attached to an aromatic ring is 1. The van der Waals surface area contributed by atoms with E-state index >= 15 is 0 Å². The van der Waals surface area contributed by atoms with Crippen molar-refractivity contribution in [3.8, 4) is 5.75 Å². The number of amidine groups is 1. The van der Waals surface area contributed by atoms with Gasteiger partial charge in [-0.2, -0.15) is 0 Å². The molecule has 1 saturated carbocycles. The fourth-order valence-electron chi connectivity index (χ4n) is 3.78. The zero-order valence-corrected chi connectivity index (χ0v) is 12.4. The molecule has 1 aliphatic heterocycles. The average molecular weight is 289 g/mol. The van der Waals surface area contributed by atoms with E-state index in [1.807, 2.05) is 18.2 Å². The second-order valence-corrected chi connectivity index (χ2v) is 6.21. The Kier molecular flexibility index (Phi) is 3.87. The van der Waals surface area contributed by atoms with Crippen LogP contribution in [0.3, 0.4) is 0 Å². The van der Waals surface area contributed by atoms with Crippen LogP contribution in [0.5, 0.6) is 5.75 Å². The van der Waals surface area contributed by atoms with Crippen LogP contribution < -0.4 is 10.5 Å². The molecule has 114 valence electrons. The van der Waals surface area contributed by atoms with Crippen molar-refractivity contribution in [3.05, 3.63) is 29.3 Å². The molecule has 1 aromatic rings. The van der Waals surface area contributed by atoms with Gasteiger partial charge in [-0.05, 0) is 36.5 Å². The smallest absolute Gasteiger partial charge is 0.129 e. The molecule has 1 aromatic carbocycles. The Labute approximate surface area is 125 Å². The minimum absolute atomic E-state index is 0.0300. The van der Waals surface area contributed by atoms with E-state index in [2.05, 4.69) is 4.90 Å². The van der Waals surface area contributed by atoms with E-state index < -0.39 is 0 Å². The number of likely N-dealkylation sites (tertiary alicyclic amines) is 1. The van der Waals surface area contributed by atoms with Crippen LogP contribution in [0, 0.1) is 17.2 Å². The molecule has 1 heterocycles. The summed E-state index contributed by atoms with van der Waals surface area (Å²) in [6.45, 7) is 2.86. The van der Waals surface area contributed by atoms with Crippen molar-refractivity contribution >= 4 is 5.84 Å². The molecule has 21 heavy (non-hydrogen) atoms. The molecular formula is C16H23N3O2. The van der Waals surface area contributed by atoms with Gasteiger partial charge in [-0.15, -0.1) is 0 Å².